The van der Waals surface area contributed by atoms with Gasteiger partial charge in [0, 0.05) is 18.7 Å². The molecule has 1 rings (SSSR count). The van der Waals surface area contributed by atoms with Gasteiger partial charge in [-0.05, 0) is 59.8 Å². The van der Waals surface area contributed by atoms with Crippen molar-refractivity contribution in [3.63, 3.8) is 0 Å². The van der Waals surface area contributed by atoms with E-state index in [-0.39, 0.29) is 24.8 Å². The lowest BCUT2D eigenvalue weighted by molar-refractivity contribution is -0.00602. The summed E-state index contributed by atoms with van der Waals surface area (Å²) in [6, 6.07) is 0.170. The van der Waals surface area contributed by atoms with E-state index in [4.69, 9.17) is 4.74 Å². The predicted molar refractivity (Wildman–Crippen MR) is 85.3 cm³/mol. The van der Waals surface area contributed by atoms with Crippen LogP contribution >= 0.6 is 0 Å². The minimum Gasteiger partial charge on any atom is -0.444 e. The minimum atomic E-state index is -0.486. The van der Waals surface area contributed by atoms with E-state index in [1.807, 2.05) is 39.5 Å². The molecule has 1 N–H and O–H groups in total. The third-order valence-electron chi connectivity index (χ3n) is 4.14. The first kappa shape index (κ1) is 18.3. The smallest absolute Gasteiger partial charge is 0.410 e. The zero-order chi connectivity index (χ0) is 16.0. The fourth-order valence-corrected chi connectivity index (χ4v) is 3.30. The van der Waals surface area contributed by atoms with Crippen LogP contribution in [0.25, 0.3) is 0 Å². The number of carbonyl (C=O) groups is 1. The monoisotopic (exact) mass is 299 g/mol. The number of rotatable bonds is 5. The fourth-order valence-electron chi connectivity index (χ4n) is 3.30. The summed E-state index contributed by atoms with van der Waals surface area (Å²) in [4.78, 5) is 14.4. The summed E-state index contributed by atoms with van der Waals surface area (Å²) >= 11 is 0. The summed E-state index contributed by atoms with van der Waals surface area (Å²) in [6.07, 6.45) is 6.44. The summed E-state index contributed by atoms with van der Waals surface area (Å²) in [6.45, 7) is 9.85. The molecule has 1 saturated carbocycles. The van der Waals surface area contributed by atoms with Crippen LogP contribution in [0.1, 0.15) is 73.1 Å². The van der Waals surface area contributed by atoms with Crippen molar-refractivity contribution < 1.29 is 14.6 Å². The molecule has 1 aliphatic rings. The second-order valence-corrected chi connectivity index (χ2v) is 7.46. The molecule has 1 fully saturated rings. The zero-order valence-corrected chi connectivity index (χ0v) is 14.4. The molecule has 0 bridgehead atoms. The summed E-state index contributed by atoms with van der Waals surface area (Å²) in [5, 5.41) is 9.43. The number of aliphatic hydroxyl groups is 1. The van der Waals surface area contributed by atoms with Crippen molar-refractivity contribution in [3.8, 4) is 0 Å². The Hall–Kier alpha value is -0.770. The number of nitrogens with zero attached hydrogens (tertiary/aromatic N) is 1. The van der Waals surface area contributed by atoms with Gasteiger partial charge in [-0.2, -0.15) is 0 Å². The van der Waals surface area contributed by atoms with Gasteiger partial charge in [0.05, 0.1) is 0 Å². The molecule has 0 heterocycles. The van der Waals surface area contributed by atoms with Crippen molar-refractivity contribution in [1.29, 1.82) is 0 Å². The van der Waals surface area contributed by atoms with Gasteiger partial charge < -0.3 is 14.7 Å². The Balaban J connectivity index is 2.88. The van der Waals surface area contributed by atoms with Crippen molar-refractivity contribution in [3.05, 3.63) is 0 Å². The molecular weight excluding hydrogens is 266 g/mol. The van der Waals surface area contributed by atoms with Gasteiger partial charge in [0.2, 0.25) is 0 Å². The van der Waals surface area contributed by atoms with E-state index in [1.165, 1.54) is 19.3 Å². The van der Waals surface area contributed by atoms with E-state index in [0.717, 1.165) is 12.8 Å². The van der Waals surface area contributed by atoms with E-state index in [1.54, 1.807) is 0 Å². The van der Waals surface area contributed by atoms with Crippen LogP contribution in [0.3, 0.4) is 0 Å². The molecule has 0 aromatic heterocycles. The molecule has 0 aromatic carbocycles. The van der Waals surface area contributed by atoms with Crippen molar-refractivity contribution in [2.45, 2.75) is 90.8 Å². The maximum Gasteiger partial charge on any atom is 0.410 e. The first-order chi connectivity index (χ1) is 9.76. The molecule has 0 aliphatic heterocycles. The summed E-state index contributed by atoms with van der Waals surface area (Å²) < 4.78 is 5.58. The van der Waals surface area contributed by atoms with Gasteiger partial charge in [-0.3, -0.25) is 0 Å². The number of hydrogen-bond donors (Lipinski definition) is 1. The van der Waals surface area contributed by atoms with Crippen LogP contribution in [0.15, 0.2) is 0 Å². The molecule has 0 radical (unpaired) electrons. The van der Waals surface area contributed by atoms with Crippen molar-refractivity contribution in [2.24, 2.45) is 5.92 Å². The lowest BCUT2D eigenvalue weighted by atomic mass is 9.81. The number of amides is 1. The lowest BCUT2D eigenvalue weighted by Gasteiger charge is -2.41. The molecule has 4 heteroatoms. The first-order valence-corrected chi connectivity index (χ1v) is 8.38. The Morgan fingerprint density at radius 1 is 1.24 bits per heavy atom. The summed E-state index contributed by atoms with van der Waals surface area (Å²) in [5.41, 5.74) is -0.486. The second-order valence-electron chi connectivity index (χ2n) is 7.46. The number of aliphatic hydroxyl groups excluding tert-OH is 1. The van der Waals surface area contributed by atoms with E-state index in [2.05, 4.69) is 0 Å². The summed E-state index contributed by atoms with van der Waals surface area (Å²) in [7, 11) is 0. The van der Waals surface area contributed by atoms with Crippen molar-refractivity contribution >= 4 is 6.09 Å². The Morgan fingerprint density at radius 3 is 2.24 bits per heavy atom. The minimum absolute atomic E-state index is 0.0818. The zero-order valence-electron chi connectivity index (χ0n) is 14.4. The molecule has 1 amide bonds. The third-order valence-corrected chi connectivity index (χ3v) is 4.14. The van der Waals surface area contributed by atoms with E-state index in [0.29, 0.717) is 12.3 Å². The van der Waals surface area contributed by atoms with E-state index in [9.17, 15) is 9.90 Å². The molecular formula is C17H33NO3. The molecule has 0 aromatic rings. The summed E-state index contributed by atoms with van der Waals surface area (Å²) in [5.74, 6) is 0.487. The van der Waals surface area contributed by atoms with Crippen LogP contribution < -0.4 is 0 Å². The van der Waals surface area contributed by atoms with Gasteiger partial charge in [-0.1, -0.05) is 19.3 Å². The highest BCUT2D eigenvalue weighted by atomic mass is 16.6. The Bertz CT molecular complexity index is 316. The highest BCUT2D eigenvalue weighted by Crippen LogP contribution is 2.32. The maximum atomic E-state index is 12.6. The Morgan fingerprint density at radius 2 is 1.81 bits per heavy atom. The predicted octanol–water partition coefficient (Wildman–Crippen LogP) is 3.96. The number of ether oxygens (including phenoxy) is 1. The van der Waals surface area contributed by atoms with Gasteiger partial charge in [-0.15, -0.1) is 0 Å². The van der Waals surface area contributed by atoms with Gasteiger partial charge in [0.15, 0.2) is 0 Å². The molecule has 1 unspecified atom stereocenters. The largest absolute Gasteiger partial charge is 0.444 e. The quantitative estimate of drug-likeness (QED) is 0.836. The molecule has 1 atom stereocenters. The van der Waals surface area contributed by atoms with Gasteiger partial charge in [-0.25, -0.2) is 4.79 Å². The van der Waals surface area contributed by atoms with Gasteiger partial charge >= 0.3 is 6.09 Å². The highest BCUT2D eigenvalue weighted by molar-refractivity contribution is 5.69. The fraction of sp³-hybridized carbons (Fsp3) is 0.941. The van der Waals surface area contributed by atoms with E-state index < -0.39 is 5.60 Å². The third kappa shape index (κ3) is 5.85. The SMILES string of the molecule is CC(C)N(C(=O)OC(C)(C)C)C(CCO)C1CCCCC1. The maximum absolute atomic E-state index is 12.6. The van der Waals surface area contributed by atoms with Crippen LogP contribution in [0.2, 0.25) is 0 Å². The Labute approximate surface area is 129 Å². The molecule has 4 nitrogen and oxygen atoms in total. The topological polar surface area (TPSA) is 49.8 Å². The van der Waals surface area contributed by atoms with Crippen LogP contribution in [0.4, 0.5) is 4.79 Å². The Kier molecular flexibility index (Phi) is 6.98. The molecule has 0 saturated heterocycles. The van der Waals surface area contributed by atoms with Crippen LogP contribution in [0, 0.1) is 5.92 Å². The van der Waals surface area contributed by atoms with E-state index >= 15 is 0 Å². The standard InChI is InChI=1S/C17H33NO3/c1-13(2)18(16(20)21-17(3,4)5)15(11-12-19)14-9-7-6-8-10-14/h13-15,19H,6-12H2,1-5H3. The molecule has 1 aliphatic carbocycles. The first-order valence-electron chi connectivity index (χ1n) is 8.38. The lowest BCUT2D eigenvalue weighted by Crippen LogP contribution is -2.51. The van der Waals surface area contributed by atoms with Crippen molar-refractivity contribution in [1.82, 2.24) is 4.90 Å². The normalized spacial score (nSPS) is 18.6. The van der Waals surface area contributed by atoms with Crippen LogP contribution in [-0.2, 0) is 4.74 Å². The van der Waals surface area contributed by atoms with Crippen LogP contribution in [-0.4, -0.2) is 40.4 Å². The number of carbonyl (C=O) groups excluding carboxylic acids is 1. The second kappa shape index (κ2) is 8.02. The average Bonchev–Trinajstić information content (AvgIpc) is 2.36. The molecule has 0 spiro atoms. The van der Waals surface area contributed by atoms with Gasteiger partial charge in [0.25, 0.3) is 0 Å². The van der Waals surface area contributed by atoms with Gasteiger partial charge in [0.1, 0.15) is 5.60 Å². The molecule has 21 heavy (non-hydrogen) atoms. The average molecular weight is 299 g/mol. The molecule has 124 valence electrons. The highest BCUT2D eigenvalue weighted by Gasteiger charge is 2.35. The van der Waals surface area contributed by atoms with Crippen LogP contribution in [0.5, 0.6) is 0 Å². The van der Waals surface area contributed by atoms with Crippen molar-refractivity contribution in [2.75, 3.05) is 6.61 Å². The number of hydrogen-bond acceptors (Lipinski definition) is 3.